The number of hydrogen-bond donors (Lipinski definition) is 1. The number of sulfonamides is 1. The van der Waals surface area contributed by atoms with Crippen molar-refractivity contribution in [2.45, 2.75) is 5.92 Å². The second-order valence-electron chi connectivity index (χ2n) is 4.59. The maximum absolute atomic E-state index is 11.6. The molecule has 1 aromatic carbocycles. The highest BCUT2D eigenvalue weighted by Crippen LogP contribution is 2.32. The summed E-state index contributed by atoms with van der Waals surface area (Å²) in [7, 11) is -3.11. The van der Waals surface area contributed by atoms with Crippen molar-refractivity contribution in [2.24, 2.45) is 11.7 Å². The molecule has 0 aromatic heterocycles. The Bertz CT molecular complexity index is 473. The van der Waals surface area contributed by atoms with E-state index in [2.05, 4.69) is 0 Å². The molecule has 2 rings (SSSR count). The smallest absolute Gasteiger partial charge is 0.211 e. The zero-order chi connectivity index (χ0) is 12.5. The highest BCUT2D eigenvalue weighted by atomic mass is 32.2. The monoisotopic (exact) mass is 254 g/mol. The Labute approximate surface area is 102 Å². The van der Waals surface area contributed by atoms with Gasteiger partial charge in [-0.15, -0.1) is 0 Å². The molecule has 94 valence electrons. The van der Waals surface area contributed by atoms with Crippen LogP contribution in [-0.4, -0.2) is 38.6 Å². The summed E-state index contributed by atoms with van der Waals surface area (Å²) >= 11 is 0. The SMILES string of the molecule is CS(=O)(=O)N1C[C@@H](CN)[C@H](c2ccccc2)C1. The van der Waals surface area contributed by atoms with Crippen LogP contribution in [-0.2, 0) is 10.0 Å². The molecule has 1 aromatic rings. The van der Waals surface area contributed by atoms with Gasteiger partial charge in [0.2, 0.25) is 10.0 Å². The van der Waals surface area contributed by atoms with E-state index >= 15 is 0 Å². The highest BCUT2D eigenvalue weighted by Gasteiger charge is 2.36. The van der Waals surface area contributed by atoms with Gasteiger partial charge in [-0.05, 0) is 18.0 Å². The summed E-state index contributed by atoms with van der Waals surface area (Å²) in [4.78, 5) is 0. The summed E-state index contributed by atoms with van der Waals surface area (Å²) in [5.41, 5.74) is 6.92. The molecular weight excluding hydrogens is 236 g/mol. The summed E-state index contributed by atoms with van der Waals surface area (Å²) < 4.78 is 24.6. The second-order valence-corrected chi connectivity index (χ2v) is 6.58. The van der Waals surface area contributed by atoms with Crippen LogP contribution >= 0.6 is 0 Å². The number of nitrogens with zero attached hydrogens (tertiary/aromatic N) is 1. The fraction of sp³-hybridized carbons (Fsp3) is 0.500. The van der Waals surface area contributed by atoms with Crippen LogP contribution in [0.5, 0.6) is 0 Å². The third kappa shape index (κ3) is 2.68. The van der Waals surface area contributed by atoms with Crippen molar-refractivity contribution in [3.05, 3.63) is 35.9 Å². The van der Waals surface area contributed by atoms with Crippen molar-refractivity contribution in [1.82, 2.24) is 4.31 Å². The van der Waals surface area contributed by atoms with E-state index in [1.165, 1.54) is 16.1 Å². The molecule has 0 bridgehead atoms. The molecule has 1 fully saturated rings. The third-order valence-electron chi connectivity index (χ3n) is 3.41. The normalized spacial score (nSPS) is 26.2. The molecular formula is C12H18N2O2S. The maximum atomic E-state index is 11.6. The van der Waals surface area contributed by atoms with Gasteiger partial charge in [-0.3, -0.25) is 0 Å². The molecule has 0 aliphatic carbocycles. The van der Waals surface area contributed by atoms with E-state index in [-0.39, 0.29) is 11.8 Å². The van der Waals surface area contributed by atoms with Crippen molar-refractivity contribution in [3.63, 3.8) is 0 Å². The second kappa shape index (κ2) is 4.76. The van der Waals surface area contributed by atoms with E-state index in [9.17, 15) is 8.42 Å². The molecule has 1 heterocycles. The molecule has 1 saturated heterocycles. The van der Waals surface area contributed by atoms with Gasteiger partial charge in [0.25, 0.3) is 0 Å². The summed E-state index contributed by atoms with van der Waals surface area (Å²) in [5.74, 6) is 0.433. The van der Waals surface area contributed by atoms with Crippen LogP contribution in [0.25, 0.3) is 0 Å². The first-order chi connectivity index (χ1) is 8.02. The van der Waals surface area contributed by atoms with E-state index in [4.69, 9.17) is 5.73 Å². The van der Waals surface area contributed by atoms with Gasteiger partial charge in [0.1, 0.15) is 0 Å². The predicted octanol–water partition coefficient (Wildman–Crippen LogP) is 0.620. The molecule has 0 saturated carbocycles. The summed E-state index contributed by atoms with van der Waals surface area (Å²) in [6, 6.07) is 10.0. The molecule has 2 atom stereocenters. The number of rotatable bonds is 3. The van der Waals surface area contributed by atoms with Crippen molar-refractivity contribution in [2.75, 3.05) is 25.9 Å². The number of nitrogens with two attached hydrogens (primary N) is 1. The Morgan fingerprint density at radius 1 is 1.29 bits per heavy atom. The van der Waals surface area contributed by atoms with Gasteiger partial charge in [0.05, 0.1) is 6.26 Å². The molecule has 1 aliphatic heterocycles. The van der Waals surface area contributed by atoms with Gasteiger partial charge in [0, 0.05) is 19.0 Å². The largest absolute Gasteiger partial charge is 0.330 e. The van der Waals surface area contributed by atoms with Crippen LogP contribution in [0.15, 0.2) is 30.3 Å². The highest BCUT2D eigenvalue weighted by molar-refractivity contribution is 7.88. The molecule has 0 amide bonds. The summed E-state index contributed by atoms with van der Waals surface area (Å²) in [5, 5.41) is 0. The van der Waals surface area contributed by atoms with Gasteiger partial charge >= 0.3 is 0 Å². The van der Waals surface area contributed by atoms with Gasteiger partial charge in [-0.25, -0.2) is 12.7 Å². The van der Waals surface area contributed by atoms with E-state index in [0.29, 0.717) is 19.6 Å². The number of hydrogen-bond acceptors (Lipinski definition) is 3. The molecule has 5 heteroatoms. The van der Waals surface area contributed by atoms with Crippen LogP contribution in [0.4, 0.5) is 0 Å². The minimum atomic E-state index is -3.11. The quantitative estimate of drug-likeness (QED) is 0.860. The van der Waals surface area contributed by atoms with Crippen LogP contribution < -0.4 is 5.73 Å². The fourth-order valence-electron chi connectivity index (χ4n) is 2.42. The van der Waals surface area contributed by atoms with E-state index < -0.39 is 10.0 Å². The van der Waals surface area contributed by atoms with Crippen molar-refractivity contribution >= 4 is 10.0 Å². The zero-order valence-corrected chi connectivity index (χ0v) is 10.7. The first kappa shape index (κ1) is 12.5. The minimum Gasteiger partial charge on any atom is -0.330 e. The average molecular weight is 254 g/mol. The Balaban J connectivity index is 2.24. The first-order valence-corrected chi connectivity index (χ1v) is 7.57. The fourth-order valence-corrected chi connectivity index (χ4v) is 3.31. The van der Waals surface area contributed by atoms with Crippen LogP contribution in [0.1, 0.15) is 11.5 Å². The predicted molar refractivity (Wildman–Crippen MR) is 68.1 cm³/mol. The van der Waals surface area contributed by atoms with Crippen LogP contribution in [0.3, 0.4) is 0 Å². The average Bonchev–Trinajstić information content (AvgIpc) is 2.73. The third-order valence-corrected chi connectivity index (χ3v) is 4.64. The maximum Gasteiger partial charge on any atom is 0.211 e. The topological polar surface area (TPSA) is 63.4 Å². The van der Waals surface area contributed by atoms with E-state index in [0.717, 1.165) is 0 Å². The lowest BCUT2D eigenvalue weighted by atomic mass is 9.89. The Morgan fingerprint density at radius 2 is 1.94 bits per heavy atom. The van der Waals surface area contributed by atoms with Crippen molar-refractivity contribution < 1.29 is 8.42 Å². The lowest BCUT2D eigenvalue weighted by Crippen LogP contribution is -2.28. The lowest BCUT2D eigenvalue weighted by molar-refractivity contribution is 0.463. The van der Waals surface area contributed by atoms with Crippen molar-refractivity contribution in [1.29, 1.82) is 0 Å². The molecule has 2 N–H and O–H groups in total. The lowest BCUT2D eigenvalue weighted by Gasteiger charge is -2.16. The van der Waals surface area contributed by atoms with Gasteiger partial charge in [-0.1, -0.05) is 30.3 Å². The van der Waals surface area contributed by atoms with E-state index in [1.54, 1.807) is 0 Å². The molecule has 17 heavy (non-hydrogen) atoms. The summed E-state index contributed by atoms with van der Waals surface area (Å²) in [6.45, 7) is 1.60. The van der Waals surface area contributed by atoms with Crippen LogP contribution in [0, 0.1) is 5.92 Å². The van der Waals surface area contributed by atoms with Gasteiger partial charge in [0.15, 0.2) is 0 Å². The zero-order valence-electron chi connectivity index (χ0n) is 9.91. The van der Waals surface area contributed by atoms with Crippen LogP contribution in [0.2, 0.25) is 0 Å². The van der Waals surface area contributed by atoms with Crippen molar-refractivity contribution in [3.8, 4) is 0 Å². The molecule has 0 radical (unpaired) electrons. The number of benzene rings is 1. The molecule has 1 aliphatic rings. The molecule has 0 spiro atoms. The first-order valence-electron chi connectivity index (χ1n) is 5.72. The Morgan fingerprint density at radius 3 is 2.47 bits per heavy atom. The van der Waals surface area contributed by atoms with Gasteiger partial charge < -0.3 is 5.73 Å². The Hall–Kier alpha value is -0.910. The standard InChI is InChI=1S/C12H18N2O2S/c1-17(15,16)14-8-11(7-13)12(9-14)10-5-3-2-4-6-10/h2-6,11-12H,7-9,13H2,1H3/t11-,12+/m1/s1. The summed E-state index contributed by atoms with van der Waals surface area (Å²) in [6.07, 6.45) is 1.26. The Kier molecular flexibility index (Phi) is 3.51. The molecule has 4 nitrogen and oxygen atoms in total. The molecule has 0 unspecified atom stereocenters. The van der Waals surface area contributed by atoms with Gasteiger partial charge in [-0.2, -0.15) is 0 Å². The minimum absolute atomic E-state index is 0.215. The van der Waals surface area contributed by atoms with E-state index in [1.807, 2.05) is 30.3 Å².